The quantitative estimate of drug-likeness (QED) is 0.135. The van der Waals surface area contributed by atoms with Gasteiger partial charge in [-0.1, -0.05) is 64.1 Å². The number of hydrogen-bond donors (Lipinski definition) is 2. The Morgan fingerprint density at radius 3 is 2.11 bits per heavy atom. The number of nitrogens with one attached hydrogen (secondary N) is 2. The van der Waals surface area contributed by atoms with Crippen molar-refractivity contribution in [3.8, 4) is 22.4 Å². The zero-order chi connectivity index (χ0) is 44.1. The van der Waals surface area contributed by atoms with E-state index < -0.39 is 18.1 Å². The van der Waals surface area contributed by atoms with Gasteiger partial charge < -0.3 is 29.6 Å². The molecule has 4 heterocycles. The number of hydrogen-bond acceptors (Lipinski definition) is 8. The Balaban J connectivity index is 0.925. The van der Waals surface area contributed by atoms with Crippen LogP contribution in [0.2, 0.25) is 0 Å². The lowest BCUT2D eigenvalue weighted by Gasteiger charge is -2.30. The molecule has 5 aliphatic rings. The molecule has 2 saturated heterocycles. The van der Waals surface area contributed by atoms with Crippen molar-refractivity contribution < 1.29 is 28.7 Å². The van der Waals surface area contributed by atoms with Gasteiger partial charge in [-0.3, -0.25) is 19.4 Å². The Morgan fingerprint density at radius 1 is 0.778 bits per heavy atom. The Morgan fingerprint density at radius 2 is 1.43 bits per heavy atom. The number of aromatic amines is 1. The number of H-pyrrole nitrogens is 1. The van der Waals surface area contributed by atoms with Crippen molar-refractivity contribution >= 4 is 45.9 Å². The summed E-state index contributed by atoms with van der Waals surface area (Å²) >= 11 is 0. The number of carbonyl (C=O) groups is 4. The summed E-state index contributed by atoms with van der Waals surface area (Å²) < 4.78 is 9.74. The molecule has 2 bridgehead atoms. The number of carbonyl (C=O) groups excluding carboxylic acids is 4. The Bertz CT molecular complexity index is 2520. The predicted octanol–water partition coefficient (Wildman–Crippen LogP) is 9.32. The van der Waals surface area contributed by atoms with Crippen LogP contribution in [-0.4, -0.2) is 88.7 Å². The van der Waals surface area contributed by atoms with Crippen LogP contribution in [0.5, 0.6) is 0 Å². The fourth-order valence-electron chi connectivity index (χ4n) is 11.3. The van der Waals surface area contributed by atoms with Crippen LogP contribution in [0.15, 0.2) is 65.9 Å². The van der Waals surface area contributed by atoms with Gasteiger partial charge in [-0.15, -0.1) is 0 Å². The summed E-state index contributed by atoms with van der Waals surface area (Å²) in [4.78, 5) is 69.0. The number of rotatable bonds is 12. The molecular weight excluding hydrogens is 793 g/mol. The van der Waals surface area contributed by atoms with Gasteiger partial charge in [-0.2, -0.15) is 0 Å². The van der Waals surface area contributed by atoms with E-state index in [4.69, 9.17) is 19.5 Å². The van der Waals surface area contributed by atoms with Gasteiger partial charge in [0.05, 0.1) is 50.5 Å². The predicted molar refractivity (Wildman–Crippen MR) is 244 cm³/mol. The smallest absolute Gasteiger partial charge is 0.407 e. The number of aliphatic imine (C=N–C) groups is 1. The molecule has 12 nitrogen and oxygen atoms in total. The SMILES string of the molecule is COC(=O)C[C@H](C(=O)N1CCC[C@H]1C1=NC=C(c2ccc(-c3ccc4cc(-c5cnc([C@@H]6CCCN6C(=O)[C@@H](NC(=O)OC)C(C)C)[nH]5)ccc4c3)c3c2C2CCC3C2)C1)C(C)C. The van der Waals surface area contributed by atoms with Crippen LogP contribution in [0.4, 0.5) is 4.79 Å². The van der Waals surface area contributed by atoms with Gasteiger partial charge in [0, 0.05) is 37.0 Å². The molecule has 63 heavy (non-hydrogen) atoms. The standard InChI is InChI=1S/C51H60N6O6/c1-28(2)39(25-44(58)62-5)49(59)56-19-7-9-42(56)40-24-36(26-52-40)38-18-17-37(45-34-15-16-35(23-34)46(38)45)32-13-11-31-22-33(14-12-30(31)21-32)41-27-53-48(54-41)43-10-8-20-57(43)50(60)47(29(3)4)55-51(61)63-6/h11-14,17-18,21-22,26-29,34-35,39,42-43,47H,7-10,15-16,19-20,23-25H2,1-6H3,(H,53,54)(H,55,61)/t34?,35?,39-,42-,43-,47-/m0/s1. The maximum atomic E-state index is 13.9. The van der Waals surface area contributed by atoms with E-state index in [1.165, 1.54) is 72.3 Å². The molecule has 3 fully saturated rings. The third kappa shape index (κ3) is 7.95. The van der Waals surface area contributed by atoms with Gasteiger partial charge in [0.1, 0.15) is 11.9 Å². The summed E-state index contributed by atoms with van der Waals surface area (Å²) in [6.07, 6.45) is 11.2. The van der Waals surface area contributed by atoms with Crippen molar-refractivity contribution in [1.29, 1.82) is 0 Å². The number of fused-ring (bicyclic) bond motifs is 6. The molecule has 9 rings (SSSR count). The number of alkyl carbamates (subject to hydrolysis) is 1. The van der Waals surface area contributed by atoms with Gasteiger partial charge in [0.2, 0.25) is 11.8 Å². The van der Waals surface area contributed by atoms with Crippen LogP contribution in [0.1, 0.15) is 126 Å². The molecule has 12 heteroatoms. The summed E-state index contributed by atoms with van der Waals surface area (Å²) in [5.41, 5.74) is 11.1. The van der Waals surface area contributed by atoms with Gasteiger partial charge in [0.15, 0.2) is 0 Å². The maximum absolute atomic E-state index is 13.9. The lowest BCUT2D eigenvalue weighted by atomic mass is 9.80. The monoisotopic (exact) mass is 852 g/mol. The molecule has 3 aliphatic heterocycles. The number of esters is 1. The van der Waals surface area contributed by atoms with E-state index in [1.54, 1.807) is 0 Å². The number of benzene rings is 3. The summed E-state index contributed by atoms with van der Waals surface area (Å²) in [5, 5.41) is 5.03. The van der Waals surface area contributed by atoms with Crippen molar-refractivity contribution in [1.82, 2.24) is 25.1 Å². The second-order valence-corrected chi connectivity index (χ2v) is 19.0. The zero-order valence-corrected chi connectivity index (χ0v) is 37.4. The first kappa shape index (κ1) is 42.5. The lowest BCUT2D eigenvalue weighted by Crippen LogP contribution is -2.51. The normalized spacial score (nSPS) is 22.4. The number of methoxy groups -OCH3 is 2. The first-order valence-corrected chi connectivity index (χ1v) is 23.0. The largest absolute Gasteiger partial charge is 0.469 e. The zero-order valence-electron chi connectivity index (χ0n) is 37.4. The molecule has 2 unspecified atom stereocenters. The molecule has 3 aromatic carbocycles. The van der Waals surface area contributed by atoms with Crippen molar-refractivity contribution in [3.63, 3.8) is 0 Å². The van der Waals surface area contributed by atoms with Gasteiger partial charge >= 0.3 is 12.1 Å². The van der Waals surface area contributed by atoms with E-state index in [9.17, 15) is 19.2 Å². The summed E-state index contributed by atoms with van der Waals surface area (Å²) in [7, 11) is 2.68. The number of amides is 3. The number of likely N-dealkylation sites (tertiary alicyclic amines) is 2. The number of allylic oxidation sites excluding steroid dienone is 1. The fraction of sp³-hybridized carbons (Fsp3) is 0.490. The number of aromatic nitrogens is 2. The second kappa shape index (κ2) is 17.4. The van der Waals surface area contributed by atoms with E-state index >= 15 is 0 Å². The van der Waals surface area contributed by atoms with Crippen molar-refractivity contribution in [2.45, 2.75) is 115 Å². The number of ether oxygens (including phenoxy) is 2. The van der Waals surface area contributed by atoms with E-state index in [0.717, 1.165) is 60.3 Å². The molecular formula is C51H60N6O6. The molecule has 3 amide bonds. The van der Waals surface area contributed by atoms with Crippen LogP contribution >= 0.6 is 0 Å². The molecule has 2 N–H and O–H groups in total. The van der Waals surface area contributed by atoms with E-state index in [0.29, 0.717) is 24.9 Å². The lowest BCUT2D eigenvalue weighted by molar-refractivity contribution is -0.148. The summed E-state index contributed by atoms with van der Waals surface area (Å²) in [5.74, 6) is 0.931. The fourth-order valence-corrected chi connectivity index (χ4v) is 11.3. The van der Waals surface area contributed by atoms with E-state index in [2.05, 4.69) is 65.0 Å². The van der Waals surface area contributed by atoms with Crippen LogP contribution in [-0.2, 0) is 23.9 Å². The third-order valence-corrected chi connectivity index (χ3v) is 14.6. The summed E-state index contributed by atoms with van der Waals surface area (Å²) in [6.45, 7) is 9.14. The van der Waals surface area contributed by atoms with Gasteiger partial charge in [-0.25, -0.2) is 9.78 Å². The van der Waals surface area contributed by atoms with Crippen LogP contribution < -0.4 is 5.32 Å². The highest BCUT2D eigenvalue weighted by Crippen LogP contribution is 2.58. The first-order chi connectivity index (χ1) is 30.4. The molecule has 330 valence electrons. The highest BCUT2D eigenvalue weighted by molar-refractivity contribution is 6.04. The van der Waals surface area contributed by atoms with Crippen molar-refractivity contribution in [3.05, 3.63) is 83.4 Å². The van der Waals surface area contributed by atoms with Crippen LogP contribution in [0, 0.1) is 17.8 Å². The minimum absolute atomic E-state index is 0.0303. The molecule has 1 aromatic heterocycles. The third-order valence-electron chi connectivity index (χ3n) is 14.6. The number of imidazole rings is 1. The van der Waals surface area contributed by atoms with Gasteiger partial charge in [-0.05, 0) is 125 Å². The highest BCUT2D eigenvalue weighted by atomic mass is 16.5. The minimum atomic E-state index is -0.683. The van der Waals surface area contributed by atoms with Crippen LogP contribution in [0.25, 0.3) is 38.7 Å². The molecule has 4 aromatic rings. The maximum Gasteiger partial charge on any atom is 0.407 e. The van der Waals surface area contributed by atoms with Crippen molar-refractivity contribution in [2.24, 2.45) is 22.7 Å². The van der Waals surface area contributed by atoms with Crippen LogP contribution in [0.3, 0.4) is 0 Å². The molecule has 1 saturated carbocycles. The highest BCUT2D eigenvalue weighted by Gasteiger charge is 2.43. The molecule has 0 spiro atoms. The molecule has 2 aliphatic carbocycles. The van der Waals surface area contributed by atoms with Gasteiger partial charge in [0.25, 0.3) is 0 Å². The second-order valence-electron chi connectivity index (χ2n) is 19.0. The summed E-state index contributed by atoms with van der Waals surface area (Å²) in [6, 6.07) is 17.0. The molecule has 0 radical (unpaired) electrons. The Kier molecular flexibility index (Phi) is 11.8. The molecule has 6 atom stereocenters. The first-order valence-electron chi connectivity index (χ1n) is 23.0. The Hall–Kier alpha value is -5.78. The number of nitrogens with zero attached hydrogens (tertiary/aromatic N) is 4. The minimum Gasteiger partial charge on any atom is -0.469 e. The van der Waals surface area contributed by atoms with E-state index in [-0.39, 0.29) is 48.1 Å². The topological polar surface area (TPSA) is 146 Å². The average Bonchev–Trinajstić information content (AvgIpc) is 4.15. The van der Waals surface area contributed by atoms with E-state index in [1.807, 2.05) is 43.7 Å². The average molecular weight is 853 g/mol. The Labute approximate surface area is 369 Å². The van der Waals surface area contributed by atoms with Crippen molar-refractivity contribution in [2.75, 3.05) is 27.3 Å².